The van der Waals surface area contributed by atoms with Crippen LogP contribution in [0.1, 0.15) is 29.1 Å². The Morgan fingerprint density at radius 3 is 2.83 bits per heavy atom. The number of nitrogens with zero attached hydrogens (tertiary/aromatic N) is 5. The molecular weight excluding hydrogens is 400 g/mol. The molecule has 8 nitrogen and oxygen atoms in total. The van der Waals surface area contributed by atoms with Crippen molar-refractivity contribution in [3.63, 3.8) is 0 Å². The van der Waals surface area contributed by atoms with E-state index in [9.17, 15) is 9.59 Å². The van der Waals surface area contributed by atoms with Gasteiger partial charge in [-0.25, -0.2) is 10.1 Å². The van der Waals surface area contributed by atoms with Gasteiger partial charge in [-0.1, -0.05) is 18.2 Å². The molecule has 1 aliphatic rings. The summed E-state index contributed by atoms with van der Waals surface area (Å²) in [4.78, 5) is 32.9. The van der Waals surface area contributed by atoms with Crippen molar-refractivity contribution >= 4 is 33.1 Å². The average molecular weight is 420 g/mol. The van der Waals surface area contributed by atoms with Crippen molar-refractivity contribution < 1.29 is 4.79 Å². The van der Waals surface area contributed by atoms with Crippen molar-refractivity contribution in [3.8, 4) is 11.3 Å². The molecular formula is C21H20N6O2S. The normalized spacial score (nSPS) is 13.7. The standard InChI is InChI=1S/C21H20N6O2S/c1-11(17-12-6-4-5-7-13(12)19(28)25-24-17)20(29)26(2)21-23-18-14-10-22-27(3)15(14)8-9-16(18)30-21/h4-7,10-11H,8-9H2,1-3H3,(H,25,28)/t11-/m0/s1. The number of hydrogen-bond acceptors (Lipinski definition) is 6. The van der Waals surface area contributed by atoms with Gasteiger partial charge in [-0.2, -0.15) is 10.2 Å². The van der Waals surface area contributed by atoms with E-state index in [-0.39, 0.29) is 11.5 Å². The van der Waals surface area contributed by atoms with E-state index in [0.717, 1.165) is 24.1 Å². The second-order valence-corrected chi connectivity index (χ2v) is 8.56. The fourth-order valence-electron chi connectivity index (χ4n) is 4.02. The highest BCUT2D eigenvalue weighted by molar-refractivity contribution is 7.16. The maximum atomic E-state index is 13.3. The molecule has 3 heterocycles. The lowest BCUT2D eigenvalue weighted by Crippen LogP contribution is -2.31. The number of carbonyl (C=O) groups is 1. The largest absolute Gasteiger partial charge is 0.291 e. The van der Waals surface area contributed by atoms with Gasteiger partial charge in [-0.15, -0.1) is 11.3 Å². The Bertz CT molecular complexity index is 1350. The molecule has 5 rings (SSSR count). The topological polar surface area (TPSA) is 96.8 Å². The minimum Gasteiger partial charge on any atom is -0.291 e. The van der Waals surface area contributed by atoms with E-state index < -0.39 is 5.92 Å². The number of thiazole rings is 1. The van der Waals surface area contributed by atoms with Gasteiger partial charge in [0.1, 0.15) is 0 Å². The molecule has 30 heavy (non-hydrogen) atoms. The second kappa shape index (κ2) is 6.88. The molecule has 0 saturated carbocycles. The van der Waals surface area contributed by atoms with Crippen LogP contribution in [0, 0.1) is 0 Å². The monoisotopic (exact) mass is 420 g/mol. The van der Waals surface area contributed by atoms with Crippen molar-refractivity contribution in [1.29, 1.82) is 0 Å². The highest BCUT2D eigenvalue weighted by Crippen LogP contribution is 2.39. The van der Waals surface area contributed by atoms with Gasteiger partial charge in [0.15, 0.2) is 5.13 Å². The summed E-state index contributed by atoms with van der Waals surface area (Å²) >= 11 is 1.54. The molecule has 152 valence electrons. The molecule has 0 spiro atoms. The minimum atomic E-state index is -0.536. The lowest BCUT2D eigenvalue weighted by Gasteiger charge is -2.19. The van der Waals surface area contributed by atoms with Crippen molar-refractivity contribution in [3.05, 3.63) is 57.1 Å². The fourth-order valence-corrected chi connectivity index (χ4v) is 5.06. The minimum absolute atomic E-state index is 0.128. The molecule has 9 heteroatoms. The third kappa shape index (κ3) is 2.77. The lowest BCUT2D eigenvalue weighted by atomic mass is 10.0. The predicted octanol–water partition coefficient (Wildman–Crippen LogP) is 2.65. The van der Waals surface area contributed by atoms with E-state index in [1.165, 1.54) is 10.6 Å². The van der Waals surface area contributed by atoms with Crippen LogP contribution in [-0.4, -0.2) is 37.9 Å². The number of aromatic nitrogens is 5. The van der Waals surface area contributed by atoms with Gasteiger partial charge in [0, 0.05) is 35.6 Å². The third-order valence-electron chi connectivity index (χ3n) is 5.72. The number of hydrogen-bond donors (Lipinski definition) is 1. The molecule has 1 aliphatic carbocycles. The van der Waals surface area contributed by atoms with Crippen LogP contribution in [0.5, 0.6) is 0 Å². The zero-order valence-electron chi connectivity index (χ0n) is 16.8. The molecule has 0 radical (unpaired) electrons. The van der Waals surface area contributed by atoms with E-state index in [1.54, 1.807) is 42.3 Å². The van der Waals surface area contributed by atoms with Gasteiger partial charge >= 0.3 is 0 Å². The number of anilines is 1. The molecule has 1 aromatic carbocycles. The predicted molar refractivity (Wildman–Crippen MR) is 116 cm³/mol. The quantitative estimate of drug-likeness (QED) is 0.550. The van der Waals surface area contributed by atoms with Crippen molar-refractivity contribution in [2.75, 3.05) is 11.9 Å². The second-order valence-electron chi connectivity index (χ2n) is 7.50. The maximum Gasteiger partial charge on any atom is 0.272 e. The van der Waals surface area contributed by atoms with Crippen LogP contribution in [0.2, 0.25) is 0 Å². The Kier molecular flexibility index (Phi) is 4.28. The van der Waals surface area contributed by atoms with Crippen LogP contribution in [-0.2, 0) is 24.7 Å². The van der Waals surface area contributed by atoms with Crippen LogP contribution >= 0.6 is 11.3 Å². The molecule has 0 unspecified atom stereocenters. The number of benzene rings is 1. The summed E-state index contributed by atoms with van der Waals surface area (Å²) in [6, 6.07) is 7.20. The number of rotatable bonds is 3. The Balaban J connectivity index is 1.49. The van der Waals surface area contributed by atoms with Crippen molar-refractivity contribution in [2.45, 2.75) is 25.7 Å². The maximum absolute atomic E-state index is 13.3. The number of amides is 1. The lowest BCUT2D eigenvalue weighted by molar-refractivity contribution is -0.119. The van der Waals surface area contributed by atoms with E-state index in [0.29, 0.717) is 21.6 Å². The van der Waals surface area contributed by atoms with E-state index >= 15 is 0 Å². The molecule has 0 fully saturated rings. The molecule has 3 aromatic heterocycles. The number of nitrogens with one attached hydrogen (secondary N) is 1. The highest BCUT2D eigenvalue weighted by atomic mass is 32.1. The zero-order valence-corrected chi connectivity index (χ0v) is 17.7. The fraction of sp³-hybridized carbons (Fsp3) is 0.286. The first-order valence-corrected chi connectivity index (χ1v) is 10.5. The van der Waals surface area contributed by atoms with E-state index in [2.05, 4.69) is 15.3 Å². The smallest absolute Gasteiger partial charge is 0.272 e. The van der Waals surface area contributed by atoms with Crippen molar-refractivity contribution in [2.24, 2.45) is 7.05 Å². The summed E-state index contributed by atoms with van der Waals surface area (Å²) in [5, 5.41) is 12.9. The van der Waals surface area contributed by atoms with Crippen LogP contribution < -0.4 is 10.5 Å². The first kappa shape index (κ1) is 18.7. The van der Waals surface area contributed by atoms with Crippen LogP contribution in [0.4, 0.5) is 5.13 Å². The molecule has 1 amide bonds. The Labute approximate surface area is 176 Å². The zero-order chi connectivity index (χ0) is 21.0. The van der Waals surface area contributed by atoms with Crippen LogP contribution in [0.3, 0.4) is 0 Å². The van der Waals surface area contributed by atoms with Gasteiger partial charge in [-0.05, 0) is 25.8 Å². The Morgan fingerprint density at radius 1 is 1.27 bits per heavy atom. The number of carbonyl (C=O) groups excluding carboxylic acids is 1. The average Bonchev–Trinajstić information content (AvgIpc) is 3.36. The van der Waals surface area contributed by atoms with Gasteiger partial charge in [0.2, 0.25) is 5.91 Å². The first-order valence-electron chi connectivity index (χ1n) is 9.71. The van der Waals surface area contributed by atoms with Gasteiger partial charge in [0.05, 0.1) is 28.9 Å². The molecule has 0 bridgehead atoms. The summed E-state index contributed by atoms with van der Waals surface area (Å²) in [5.74, 6) is -0.663. The summed E-state index contributed by atoms with van der Waals surface area (Å²) in [6.07, 6.45) is 3.66. The number of aromatic amines is 1. The Morgan fingerprint density at radius 2 is 2.03 bits per heavy atom. The summed E-state index contributed by atoms with van der Waals surface area (Å²) in [6.45, 7) is 1.80. The molecule has 1 N–H and O–H groups in total. The van der Waals surface area contributed by atoms with Crippen LogP contribution in [0.25, 0.3) is 22.0 Å². The number of H-pyrrole nitrogens is 1. The van der Waals surface area contributed by atoms with Gasteiger partial charge in [-0.3, -0.25) is 19.2 Å². The third-order valence-corrected chi connectivity index (χ3v) is 6.91. The number of aryl methyl sites for hydroxylation is 2. The molecule has 0 aliphatic heterocycles. The van der Waals surface area contributed by atoms with Gasteiger partial charge < -0.3 is 0 Å². The Hall–Kier alpha value is -3.33. The van der Waals surface area contributed by atoms with Gasteiger partial charge in [0.25, 0.3) is 5.56 Å². The van der Waals surface area contributed by atoms with E-state index in [1.807, 2.05) is 30.1 Å². The summed E-state index contributed by atoms with van der Waals surface area (Å²) in [5.41, 5.74) is 3.43. The van der Waals surface area contributed by atoms with Crippen LogP contribution in [0.15, 0.2) is 35.3 Å². The van der Waals surface area contributed by atoms with E-state index in [4.69, 9.17) is 4.98 Å². The van der Waals surface area contributed by atoms with Crippen molar-refractivity contribution in [1.82, 2.24) is 25.0 Å². The summed E-state index contributed by atoms with van der Waals surface area (Å²) < 4.78 is 1.89. The number of likely N-dealkylation sites (N-methyl/N-ethyl adjacent to an activating group) is 1. The molecule has 0 saturated heterocycles. The SMILES string of the molecule is C[C@H](C(=O)N(C)c1nc2c(s1)CCc1c-2cnn1C)c1n[nH]c(=O)c2ccccc12. The first-order chi connectivity index (χ1) is 14.5. The number of fused-ring (bicyclic) bond motifs is 4. The molecule has 1 atom stereocenters. The molecule has 4 aromatic rings. The highest BCUT2D eigenvalue weighted by Gasteiger charge is 2.29. The summed E-state index contributed by atoms with van der Waals surface area (Å²) in [7, 11) is 3.68.